The number of benzene rings is 2. The molecule has 0 amide bonds. The molecule has 8 nitrogen and oxygen atoms in total. The number of halogens is 1. The predicted octanol–water partition coefficient (Wildman–Crippen LogP) is 2.39. The first-order valence-corrected chi connectivity index (χ1v) is 9.38. The third-order valence-electron chi connectivity index (χ3n) is 4.67. The minimum Gasteiger partial charge on any atom is -0.491 e. The standard InChI is InChI=1S/C19H23ClN4O4/c20-14-1-3-15(4-2-14)23-9-7-22(8-10-23)12-16(25)13-28-17-5-6-18(21)19(11-17)24(26)27/h1-6,11,16,25H,7-10,12-13,21H2/t16-/m0/s1. The maximum Gasteiger partial charge on any atom is 0.295 e. The van der Waals surface area contributed by atoms with E-state index in [-0.39, 0.29) is 18.0 Å². The Morgan fingerprint density at radius 3 is 2.50 bits per heavy atom. The Balaban J connectivity index is 1.44. The molecule has 0 aromatic heterocycles. The highest BCUT2D eigenvalue weighted by molar-refractivity contribution is 6.30. The molecule has 0 aliphatic carbocycles. The summed E-state index contributed by atoms with van der Waals surface area (Å²) in [6, 6.07) is 12.0. The molecular weight excluding hydrogens is 384 g/mol. The summed E-state index contributed by atoms with van der Waals surface area (Å²) in [6.07, 6.45) is -0.696. The van der Waals surface area contributed by atoms with Crippen LogP contribution in [0.3, 0.4) is 0 Å². The van der Waals surface area contributed by atoms with Gasteiger partial charge >= 0.3 is 0 Å². The smallest absolute Gasteiger partial charge is 0.295 e. The van der Waals surface area contributed by atoms with Gasteiger partial charge in [0.2, 0.25) is 0 Å². The van der Waals surface area contributed by atoms with Crippen LogP contribution < -0.4 is 15.4 Å². The first-order chi connectivity index (χ1) is 13.4. The highest BCUT2D eigenvalue weighted by atomic mass is 35.5. The number of hydrogen-bond acceptors (Lipinski definition) is 7. The molecule has 3 N–H and O–H groups in total. The molecule has 0 radical (unpaired) electrons. The molecule has 2 aromatic carbocycles. The maximum absolute atomic E-state index is 10.9. The average molecular weight is 407 g/mol. The number of aliphatic hydroxyl groups excluding tert-OH is 1. The van der Waals surface area contributed by atoms with Gasteiger partial charge in [0, 0.05) is 43.4 Å². The molecule has 3 rings (SSSR count). The maximum atomic E-state index is 10.9. The Morgan fingerprint density at radius 1 is 1.18 bits per heavy atom. The fraction of sp³-hybridized carbons (Fsp3) is 0.368. The number of ether oxygens (including phenoxy) is 1. The van der Waals surface area contributed by atoms with Gasteiger partial charge in [-0.25, -0.2) is 0 Å². The van der Waals surface area contributed by atoms with E-state index in [0.717, 1.165) is 36.9 Å². The van der Waals surface area contributed by atoms with Crippen molar-refractivity contribution in [2.75, 3.05) is 50.0 Å². The molecule has 1 fully saturated rings. The Kier molecular flexibility index (Phi) is 6.56. The van der Waals surface area contributed by atoms with Gasteiger partial charge in [0.25, 0.3) is 5.69 Å². The normalized spacial score (nSPS) is 16.0. The molecule has 0 saturated carbocycles. The van der Waals surface area contributed by atoms with Crippen LogP contribution >= 0.6 is 11.6 Å². The van der Waals surface area contributed by atoms with E-state index in [1.54, 1.807) is 6.07 Å². The van der Waals surface area contributed by atoms with E-state index in [2.05, 4.69) is 9.80 Å². The van der Waals surface area contributed by atoms with Crippen molar-refractivity contribution in [1.82, 2.24) is 4.90 Å². The molecule has 9 heteroatoms. The number of nitro groups is 1. The van der Waals surface area contributed by atoms with Gasteiger partial charge in [-0.1, -0.05) is 11.6 Å². The van der Waals surface area contributed by atoms with E-state index in [1.807, 2.05) is 24.3 Å². The zero-order chi connectivity index (χ0) is 20.1. The predicted molar refractivity (Wildman–Crippen MR) is 109 cm³/mol. The molecule has 0 unspecified atom stereocenters. The second kappa shape index (κ2) is 9.09. The number of aliphatic hydroxyl groups is 1. The summed E-state index contributed by atoms with van der Waals surface area (Å²) in [6.45, 7) is 3.91. The van der Waals surface area contributed by atoms with Crippen LogP contribution in [0.1, 0.15) is 0 Å². The minimum atomic E-state index is -0.696. The largest absolute Gasteiger partial charge is 0.491 e. The molecule has 1 aliphatic rings. The Labute approximate surface area is 168 Å². The fourth-order valence-corrected chi connectivity index (χ4v) is 3.28. The lowest BCUT2D eigenvalue weighted by molar-refractivity contribution is -0.384. The fourth-order valence-electron chi connectivity index (χ4n) is 3.16. The van der Waals surface area contributed by atoms with Gasteiger partial charge < -0.3 is 20.5 Å². The van der Waals surface area contributed by atoms with Crippen LogP contribution in [0.15, 0.2) is 42.5 Å². The number of nitrogens with zero attached hydrogens (tertiary/aromatic N) is 3. The van der Waals surface area contributed by atoms with E-state index in [9.17, 15) is 15.2 Å². The number of nitrogens with two attached hydrogens (primary N) is 1. The van der Waals surface area contributed by atoms with Gasteiger partial charge in [-0.3, -0.25) is 15.0 Å². The Hall–Kier alpha value is -2.55. The number of hydrogen-bond donors (Lipinski definition) is 2. The third-order valence-corrected chi connectivity index (χ3v) is 4.93. The quantitative estimate of drug-likeness (QED) is 0.413. The van der Waals surface area contributed by atoms with Crippen LogP contribution in [-0.4, -0.2) is 60.4 Å². The van der Waals surface area contributed by atoms with Gasteiger partial charge in [-0.15, -0.1) is 0 Å². The van der Waals surface area contributed by atoms with Gasteiger partial charge in [0.1, 0.15) is 24.1 Å². The SMILES string of the molecule is Nc1ccc(OC[C@@H](O)CN2CCN(c3ccc(Cl)cc3)CC2)cc1[N+](=O)[O-]. The van der Waals surface area contributed by atoms with Crippen molar-refractivity contribution in [3.63, 3.8) is 0 Å². The lowest BCUT2D eigenvalue weighted by atomic mass is 10.2. The van der Waals surface area contributed by atoms with Crippen LogP contribution in [0, 0.1) is 10.1 Å². The van der Waals surface area contributed by atoms with Crippen LogP contribution in [0.25, 0.3) is 0 Å². The Morgan fingerprint density at radius 2 is 1.86 bits per heavy atom. The van der Waals surface area contributed by atoms with Crippen molar-refractivity contribution < 1.29 is 14.8 Å². The Bertz CT molecular complexity index is 810. The van der Waals surface area contributed by atoms with Crippen LogP contribution in [-0.2, 0) is 0 Å². The molecule has 1 heterocycles. The molecular formula is C19H23ClN4O4. The molecule has 28 heavy (non-hydrogen) atoms. The number of rotatable bonds is 7. The van der Waals surface area contributed by atoms with Crippen LogP contribution in [0.2, 0.25) is 5.02 Å². The topological polar surface area (TPSA) is 105 Å². The van der Waals surface area contributed by atoms with Gasteiger partial charge in [-0.2, -0.15) is 0 Å². The van der Waals surface area contributed by atoms with E-state index < -0.39 is 11.0 Å². The highest BCUT2D eigenvalue weighted by Crippen LogP contribution is 2.26. The highest BCUT2D eigenvalue weighted by Gasteiger charge is 2.20. The van der Waals surface area contributed by atoms with Crippen molar-refractivity contribution >= 4 is 28.7 Å². The van der Waals surface area contributed by atoms with Crippen molar-refractivity contribution in [2.45, 2.75) is 6.10 Å². The molecule has 1 aliphatic heterocycles. The van der Waals surface area contributed by atoms with E-state index in [0.29, 0.717) is 12.3 Å². The van der Waals surface area contributed by atoms with Crippen molar-refractivity contribution in [1.29, 1.82) is 0 Å². The van der Waals surface area contributed by atoms with E-state index in [4.69, 9.17) is 22.1 Å². The van der Waals surface area contributed by atoms with Crippen molar-refractivity contribution in [3.05, 3.63) is 57.6 Å². The number of piperazine rings is 1. The van der Waals surface area contributed by atoms with Crippen molar-refractivity contribution in [2.24, 2.45) is 0 Å². The summed E-state index contributed by atoms with van der Waals surface area (Å²) in [5.74, 6) is 0.313. The lowest BCUT2D eigenvalue weighted by Crippen LogP contribution is -2.49. The zero-order valence-electron chi connectivity index (χ0n) is 15.3. The summed E-state index contributed by atoms with van der Waals surface area (Å²) >= 11 is 5.93. The monoisotopic (exact) mass is 406 g/mol. The summed E-state index contributed by atoms with van der Waals surface area (Å²) < 4.78 is 5.50. The van der Waals surface area contributed by atoms with Crippen LogP contribution in [0.4, 0.5) is 17.1 Å². The van der Waals surface area contributed by atoms with Crippen molar-refractivity contribution in [3.8, 4) is 5.75 Å². The van der Waals surface area contributed by atoms with Crippen LogP contribution in [0.5, 0.6) is 5.75 Å². The minimum absolute atomic E-state index is 0.0540. The average Bonchev–Trinajstić information content (AvgIpc) is 2.68. The first-order valence-electron chi connectivity index (χ1n) is 9.00. The number of nitro benzene ring substituents is 1. The number of nitrogen functional groups attached to an aromatic ring is 1. The molecule has 1 atom stereocenters. The molecule has 0 spiro atoms. The second-order valence-electron chi connectivity index (χ2n) is 6.71. The molecule has 150 valence electrons. The third kappa shape index (κ3) is 5.25. The first kappa shape index (κ1) is 20.2. The molecule has 1 saturated heterocycles. The van der Waals surface area contributed by atoms with Gasteiger partial charge in [0.15, 0.2) is 0 Å². The molecule has 2 aromatic rings. The number of anilines is 2. The summed E-state index contributed by atoms with van der Waals surface area (Å²) in [5.41, 5.74) is 6.58. The zero-order valence-corrected chi connectivity index (χ0v) is 16.1. The molecule has 0 bridgehead atoms. The summed E-state index contributed by atoms with van der Waals surface area (Å²) in [4.78, 5) is 14.8. The summed E-state index contributed by atoms with van der Waals surface area (Å²) in [7, 11) is 0. The number of β-amino-alcohol motifs (C(OH)–C–C–N with tert-alkyl or cyclic N) is 1. The van der Waals surface area contributed by atoms with E-state index in [1.165, 1.54) is 12.1 Å². The summed E-state index contributed by atoms with van der Waals surface area (Å²) in [5, 5.41) is 21.9. The van der Waals surface area contributed by atoms with E-state index >= 15 is 0 Å². The lowest BCUT2D eigenvalue weighted by Gasteiger charge is -2.36. The van der Waals surface area contributed by atoms with Gasteiger partial charge in [0.05, 0.1) is 11.0 Å². The second-order valence-corrected chi connectivity index (χ2v) is 7.14. The van der Waals surface area contributed by atoms with Gasteiger partial charge in [-0.05, 0) is 36.4 Å².